The molecule has 0 saturated carbocycles. The van der Waals surface area contributed by atoms with Gasteiger partial charge in [-0.15, -0.1) is 0 Å². The van der Waals surface area contributed by atoms with E-state index in [0.717, 1.165) is 6.42 Å². The van der Waals surface area contributed by atoms with Crippen LogP contribution in [0.25, 0.3) is 0 Å². The molecule has 0 atom stereocenters. The van der Waals surface area contributed by atoms with Gasteiger partial charge >= 0.3 is 0 Å². The summed E-state index contributed by atoms with van der Waals surface area (Å²) in [5.74, 6) is 0. The zero-order chi connectivity index (χ0) is 4.69. The Hall–Kier alpha value is -0.850. The highest BCUT2D eigenvalue weighted by Crippen LogP contribution is 2.12. The van der Waals surface area contributed by atoms with Gasteiger partial charge in [0.2, 0.25) is 0 Å². The Morgan fingerprint density at radius 3 is 2.00 bits per heavy atom. The first-order valence-corrected chi connectivity index (χ1v) is 2.40. The van der Waals surface area contributed by atoms with Crippen molar-refractivity contribution in [3.8, 4) is 0 Å². The van der Waals surface area contributed by atoms with Gasteiger partial charge in [-0.25, -0.2) is 0 Å². The first-order valence-electron chi connectivity index (χ1n) is 2.40. The molecular weight excluding hydrogens is 86.1 g/mol. The van der Waals surface area contributed by atoms with E-state index in [1.807, 2.05) is 18.2 Å². The first-order chi connectivity index (χ1) is 3.45. The van der Waals surface area contributed by atoms with Gasteiger partial charge in [0.05, 0.1) is 0 Å². The van der Waals surface area contributed by atoms with Gasteiger partial charge in [-0.05, 0) is 12.1 Å². The van der Waals surface area contributed by atoms with E-state index < -0.39 is 0 Å². The van der Waals surface area contributed by atoms with Crippen LogP contribution in [0.2, 0.25) is 0 Å². The second kappa shape index (κ2) is 0.861. The van der Waals surface area contributed by atoms with E-state index in [9.17, 15) is 0 Å². The van der Waals surface area contributed by atoms with Crippen LogP contribution >= 0.6 is 0 Å². The maximum Gasteiger partial charge on any atom is 0.0466 e. The molecule has 0 N–H and O–H groups in total. The molecule has 1 heteroatoms. The molecule has 0 radical (unpaired) electrons. The molecular formula is C6H5N. The second-order valence-corrected chi connectivity index (χ2v) is 1.80. The Morgan fingerprint density at radius 2 is 1.86 bits per heavy atom. The summed E-state index contributed by atoms with van der Waals surface area (Å²) in [7, 11) is 0. The van der Waals surface area contributed by atoms with Crippen molar-refractivity contribution in [1.82, 2.24) is 4.98 Å². The molecule has 0 spiro atoms. The monoisotopic (exact) mass is 91.0 g/mol. The van der Waals surface area contributed by atoms with Crippen LogP contribution in [0.15, 0.2) is 18.2 Å². The van der Waals surface area contributed by atoms with Gasteiger partial charge in [0, 0.05) is 17.8 Å². The summed E-state index contributed by atoms with van der Waals surface area (Å²) in [6.07, 6.45) is 1.11. The topological polar surface area (TPSA) is 12.9 Å². The van der Waals surface area contributed by atoms with Crippen molar-refractivity contribution in [1.29, 1.82) is 0 Å². The minimum absolute atomic E-state index is 1.11. The third kappa shape index (κ3) is 0.296. The molecule has 7 heavy (non-hydrogen) atoms. The lowest BCUT2D eigenvalue weighted by atomic mass is 10.1. The third-order valence-corrected chi connectivity index (χ3v) is 1.23. The smallest absolute Gasteiger partial charge is 0.0466 e. The predicted molar refractivity (Wildman–Crippen MR) is 27.0 cm³/mol. The second-order valence-electron chi connectivity index (χ2n) is 1.80. The molecule has 0 amide bonds. The average Bonchev–Trinajstić information content (AvgIpc) is 1.67. The van der Waals surface area contributed by atoms with Crippen LogP contribution in [-0.4, -0.2) is 4.98 Å². The average molecular weight is 91.1 g/mol. The van der Waals surface area contributed by atoms with E-state index in [0.29, 0.717) is 0 Å². The van der Waals surface area contributed by atoms with Crippen LogP contribution in [0.4, 0.5) is 0 Å². The number of pyridine rings is 1. The van der Waals surface area contributed by atoms with E-state index >= 15 is 0 Å². The van der Waals surface area contributed by atoms with Crippen LogP contribution in [-0.2, 0) is 6.42 Å². The molecule has 34 valence electrons. The van der Waals surface area contributed by atoms with E-state index in [4.69, 9.17) is 0 Å². The third-order valence-electron chi connectivity index (χ3n) is 1.23. The normalized spacial score (nSPS) is 13.1. The Labute approximate surface area is 42.0 Å². The zero-order valence-electron chi connectivity index (χ0n) is 3.89. The van der Waals surface area contributed by atoms with Crippen molar-refractivity contribution >= 4 is 0 Å². The van der Waals surface area contributed by atoms with Crippen molar-refractivity contribution in [2.24, 2.45) is 0 Å². The summed E-state index contributed by atoms with van der Waals surface area (Å²) in [6, 6.07) is 6.14. The summed E-state index contributed by atoms with van der Waals surface area (Å²) in [4.78, 5) is 4.12. The van der Waals surface area contributed by atoms with Crippen LogP contribution in [0.5, 0.6) is 0 Å². The van der Waals surface area contributed by atoms with E-state index in [2.05, 4.69) is 4.98 Å². The molecule has 2 aliphatic rings. The molecule has 3 rings (SSSR count). The standard InChI is InChI=1S/C6H5N/c1-2-5-4-6(3-1)7-5/h1-3H,4H2. The Bertz CT molecular complexity index is 168. The van der Waals surface area contributed by atoms with Crippen molar-refractivity contribution in [2.45, 2.75) is 6.42 Å². The highest BCUT2D eigenvalue weighted by Gasteiger charge is 2.06. The summed E-state index contributed by atoms with van der Waals surface area (Å²) in [6.45, 7) is 0. The summed E-state index contributed by atoms with van der Waals surface area (Å²) >= 11 is 0. The molecule has 1 aliphatic heterocycles. The number of rotatable bonds is 0. The van der Waals surface area contributed by atoms with Gasteiger partial charge in [0.25, 0.3) is 0 Å². The maximum atomic E-state index is 4.12. The molecule has 0 fully saturated rings. The highest BCUT2D eigenvalue weighted by molar-refractivity contribution is 5.24. The van der Waals surface area contributed by atoms with Crippen LogP contribution in [0.1, 0.15) is 11.4 Å². The van der Waals surface area contributed by atoms with Crippen LogP contribution in [0, 0.1) is 0 Å². The maximum absolute atomic E-state index is 4.12. The fourth-order valence-electron chi connectivity index (χ4n) is 0.820. The van der Waals surface area contributed by atoms with Crippen LogP contribution < -0.4 is 0 Å². The zero-order valence-corrected chi connectivity index (χ0v) is 3.89. The number of fused-ring (bicyclic) bond motifs is 2. The van der Waals surface area contributed by atoms with Gasteiger partial charge in [0.15, 0.2) is 0 Å². The van der Waals surface area contributed by atoms with Crippen molar-refractivity contribution in [2.75, 3.05) is 0 Å². The molecule has 1 aromatic rings. The molecule has 0 aromatic carbocycles. The van der Waals surface area contributed by atoms with Gasteiger partial charge in [-0.3, -0.25) is 4.98 Å². The lowest BCUT2D eigenvalue weighted by Crippen LogP contribution is -2.05. The highest BCUT2D eigenvalue weighted by atomic mass is 14.8. The quantitative estimate of drug-likeness (QED) is 0.471. The Morgan fingerprint density at radius 1 is 1.29 bits per heavy atom. The number of aromatic nitrogens is 1. The van der Waals surface area contributed by atoms with E-state index in [-0.39, 0.29) is 0 Å². The Balaban J connectivity index is 2.78. The molecule has 1 aromatic heterocycles. The molecule has 2 bridgehead atoms. The largest absolute Gasteiger partial charge is 0.257 e. The lowest BCUT2D eigenvalue weighted by Gasteiger charge is -2.09. The summed E-state index contributed by atoms with van der Waals surface area (Å²) < 4.78 is 0. The van der Waals surface area contributed by atoms with Crippen molar-refractivity contribution < 1.29 is 0 Å². The number of hydrogen-bond acceptors (Lipinski definition) is 1. The summed E-state index contributed by atoms with van der Waals surface area (Å²) in [5, 5.41) is 0. The Kier molecular flexibility index (Phi) is 0.392. The fourth-order valence-corrected chi connectivity index (χ4v) is 0.820. The molecule has 1 aliphatic carbocycles. The van der Waals surface area contributed by atoms with Crippen molar-refractivity contribution in [3.63, 3.8) is 0 Å². The molecule has 1 nitrogen and oxygen atoms in total. The fraction of sp³-hybridized carbons (Fsp3) is 0.167. The minimum atomic E-state index is 1.11. The van der Waals surface area contributed by atoms with E-state index in [1.165, 1.54) is 11.4 Å². The number of nitrogens with zero attached hydrogens (tertiary/aromatic N) is 1. The van der Waals surface area contributed by atoms with Crippen LogP contribution in [0.3, 0.4) is 0 Å². The van der Waals surface area contributed by atoms with E-state index in [1.54, 1.807) is 0 Å². The van der Waals surface area contributed by atoms with Gasteiger partial charge in [0.1, 0.15) is 0 Å². The number of hydrogen-bond donors (Lipinski definition) is 0. The molecule has 0 unspecified atom stereocenters. The molecule has 2 heterocycles. The first kappa shape index (κ1) is 3.19. The SMILES string of the molecule is c1cc2nc(c1)C2. The predicted octanol–water partition coefficient (Wildman–Crippen LogP) is 0.986. The van der Waals surface area contributed by atoms with Crippen molar-refractivity contribution in [3.05, 3.63) is 29.6 Å². The minimum Gasteiger partial charge on any atom is -0.257 e. The van der Waals surface area contributed by atoms with Gasteiger partial charge < -0.3 is 0 Å². The molecule has 0 saturated heterocycles. The van der Waals surface area contributed by atoms with Gasteiger partial charge in [-0.2, -0.15) is 0 Å². The van der Waals surface area contributed by atoms with Gasteiger partial charge in [-0.1, -0.05) is 6.07 Å². The summed E-state index contributed by atoms with van der Waals surface area (Å²) in [5.41, 5.74) is 2.47. The lowest BCUT2D eigenvalue weighted by molar-refractivity contribution is 0.893.